The molecule has 104 valence electrons. The zero-order chi connectivity index (χ0) is 14.7. The number of hydrogen-bond acceptors (Lipinski definition) is 1. The van der Waals surface area contributed by atoms with E-state index in [2.05, 4.69) is 0 Å². The maximum atomic E-state index is 13.7. The van der Waals surface area contributed by atoms with E-state index < -0.39 is 5.82 Å². The Labute approximate surface area is 121 Å². The van der Waals surface area contributed by atoms with Gasteiger partial charge in [-0.3, -0.25) is 4.79 Å². The molecular formula is C16H13ClF2O. The van der Waals surface area contributed by atoms with Gasteiger partial charge in [-0.05, 0) is 41.8 Å². The molecule has 0 aliphatic heterocycles. The first kappa shape index (κ1) is 14.7. The van der Waals surface area contributed by atoms with Crippen molar-refractivity contribution < 1.29 is 13.6 Å². The van der Waals surface area contributed by atoms with Gasteiger partial charge in [-0.25, -0.2) is 8.78 Å². The number of ketones is 1. The average Bonchev–Trinajstić information content (AvgIpc) is 2.38. The van der Waals surface area contributed by atoms with E-state index in [4.69, 9.17) is 11.6 Å². The van der Waals surface area contributed by atoms with Crippen LogP contribution in [0, 0.1) is 18.6 Å². The maximum Gasteiger partial charge on any atom is 0.145 e. The molecule has 2 aromatic carbocycles. The Balaban J connectivity index is 2.11. The molecule has 0 saturated carbocycles. The molecule has 0 heterocycles. The molecule has 2 aromatic rings. The average molecular weight is 295 g/mol. The summed E-state index contributed by atoms with van der Waals surface area (Å²) in [5.74, 6) is -1.03. The number of halogens is 3. The van der Waals surface area contributed by atoms with Crippen LogP contribution in [0.3, 0.4) is 0 Å². The van der Waals surface area contributed by atoms with Crippen molar-refractivity contribution in [2.24, 2.45) is 0 Å². The maximum absolute atomic E-state index is 13.7. The Hall–Kier alpha value is -1.74. The smallest absolute Gasteiger partial charge is 0.145 e. The summed E-state index contributed by atoms with van der Waals surface area (Å²) in [6.07, 6.45) is 0.126. The lowest BCUT2D eigenvalue weighted by molar-refractivity contribution is -0.117. The van der Waals surface area contributed by atoms with E-state index in [0.29, 0.717) is 5.56 Å². The van der Waals surface area contributed by atoms with Gasteiger partial charge in [0.15, 0.2) is 0 Å². The van der Waals surface area contributed by atoms with Gasteiger partial charge in [-0.1, -0.05) is 29.8 Å². The highest BCUT2D eigenvalue weighted by Crippen LogP contribution is 2.19. The van der Waals surface area contributed by atoms with E-state index in [1.807, 2.05) is 0 Å². The minimum absolute atomic E-state index is 0.00765. The van der Waals surface area contributed by atoms with Gasteiger partial charge in [0.05, 0.1) is 5.02 Å². The summed E-state index contributed by atoms with van der Waals surface area (Å²) in [5, 5.41) is 0.00765. The van der Waals surface area contributed by atoms with Gasteiger partial charge < -0.3 is 0 Å². The molecule has 0 atom stereocenters. The fraction of sp³-hybridized carbons (Fsp3) is 0.188. The summed E-state index contributed by atoms with van der Waals surface area (Å²) < 4.78 is 26.7. The van der Waals surface area contributed by atoms with Gasteiger partial charge in [0.2, 0.25) is 0 Å². The molecule has 0 radical (unpaired) electrons. The first-order chi connectivity index (χ1) is 9.47. The monoisotopic (exact) mass is 294 g/mol. The third kappa shape index (κ3) is 3.42. The van der Waals surface area contributed by atoms with Crippen molar-refractivity contribution >= 4 is 17.4 Å². The van der Waals surface area contributed by atoms with Crippen molar-refractivity contribution in [3.8, 4) is 0 Å². The number of Topliss-reactive ketones (excluding diaryl/α,β-unsaturated/α-hetero) is 1. The summed E-state index contributed by atoms with van der Waals surface area (Å²) >= 11 is 5.67. The summed E-state index contributed by atoms with van der Waals surface area (Å²) in [5.41, 5.74) is 1.74. The van der Waals surface area contributed by atoms with Gasteiger partial charge in [0.25, 0.3) is 0 Å². The highest BCUT2D eigenvalue weighted by atomic mass is 35.5. The Bertz CT molecular complexity index is 653. The fourth-order valence-corrected chi connectivity index (χ4v) is 2.22. The van der Waals surface area contributed by atoms with E-state index >= 15 is 0 Å². The molecule has 0 saturated heterocycles. The van der Waals surface area contributed by atoms with Crippen molar-refractivity contribution in [2.75, 3.05) is 0 Å². The molecule has 20 heavy (non-hydrogen) atoms. The summed E-state index contributed by atoms with van der Waals surface area (Å²) in [6.45, 7) is 1.74. The van der Waals surface area contributed by atoms with Gasteiger partial charge in [0.1, 0.15) is 17.4 Å². The van der Waals surface area contributed by atoms with Crippen LogP contribution in [0.5, 0.6) is 0 Å². The van der Waals surface area contributed by atoms with Crippen molar-refractivity contribution in [3.63, 3.8) is 0 Å². The first-order valence-electron chi connectivity index (χ1n) is 6.17. The fourth-order valence-electron chi connectivity index (χ4n) is 2.03. The molecule has 1 nitrogen and oxygen atoms in total. The van der Waals surface area contributed by atoms with Gasteiger partial charge >= 0.3 is 0 Å². The van der Waals surface area contributed by atoms with E-state index in [1.54, 1.807) is 19.1 Å². The Morgan fingerprint density at radius 1 is 1.10 bits per heavy atom. The molecule has 0 bridgehead atoms. The Kier molecular flexibility index (Phi) is 4.50. The lowest BCUT2D eigenvalue weighted by Crippen LogP contribution is -2.09. The molecule has 0 unspecified atom stereocenters. The molecule has 4 heteroatoms. The molecule has 0 aliphatic rings. The number of rotatable bonds is 4. The number of hydrogen-bond donors (Lipinski definition) is 0. The topological polar surface area (TPSA) is 17.1 Å². The first-order valence-corrected chi connectivity index (χ1v) is 6.55. The predicted octanol–water partition coefficient (Wildman–Crippen LogP) is 4.28. The standard InChI is InChI=1S/C16H13ClF2O/c1-10-7-13(18)6-5-11(10)8-14(20)9-12-3-2-4-15(17)16(12)19/h2-7H,8-9H2,1H3. The van der Waals surface area contributed by atoms with Crippen molar-refractivity contribution in [3.05, 3.63) is 69.7 Å². The van der Waals surface area contributed by atoms with E-state index in [0.717, 1.165) is 5.56 Å². The second-order valence-electron chi connectivity index (χ2n) is 4.68. The van der Waals surface area contributed by atoms with Crippen molar-refractivity contribution in [2.45, 2.75) is 19.8 Å². The molecule has 0 aliphatic carbocycles. The molecule has 0 amide bonds. The number of carbonyl (C=O) groups is 1. The van der Waals surface area contributed by atoms with E-state index in [-0.39, 0.29) is 35.0 Å². The molecule has 0 spiro atoms. The van der Waals surface area contributed by atoms with Gasteiger partial charge in [-0.2, -0.15) is 0 Å². The van der Waals surface area contributed by atoms with Crippen LogP contribution in [0.15, 0.2) is 36.4 Å². The van der Waals surface area contributed by atoms with E-state index in [1.165, 1.54) is 24.3 Å². The third-order valence-corrected chi connectivity index (χ3v) is 3.40. The number of aryl methyl sites for hydroxylation is 1. The van der Waals surface area contributed by atoms with Crippen LogP contribution in [0.2, 0.25) is 5.02 Å². The number of benzene rings is 2. The predicted molar refractivity (Wildman–Crippen MR) is 75.0 cm³/mol. The minimum atomic E-state index is -0.557. The molecule has 0 N–H and O–H groups in total. The normalized spacial score (nSPS) is 10.6. The van der Waals surface area contributed by atoms with E-state index in [9.17, 15) is 13.6 Å². The molecular weight excluding hydrogens is 282 g/mol. The Morgan fingerprint density at radius 3 is 2.50 bits per heavy atom. The number of carbonyl (C=O) groups excluding carboxylic acids is 1. The highest BCUT2D eigenvalue weighted by molar-refractivity contribution is 6.30. The molecule has 0 aromatic heterocycles. The lowest BCUT2D eigenvalue weighted by Gasteiger charge is -2.07. The quantitative estimate of drug-likeness (QED) is 0.822. The zero-order valence-electron chi connectivity index (χ0n) is 10.9. The van der Waals surface area contributed by atoms with Crippen LogP contribution in [0.4, 0.5) is 8.78 Å². The largest absolute Gasteiger partial charge is 0.299 e. The SMILES string of the molecule is Cc1cc(F)ccc1CC(=O)Cc1cccc(Cl)c1F. The lowest BCUT2D eigenvalue weighted by atomic mass is 9.99. The Morgan fingerprint density at radius 2 is 1.80 bits per heavy atom. The van der Waals surface area contributed by atoms with Crippen LogP contribution in [-0.4, -0.2) is 5.78 Å². The van der Waals surface area contributed by atoms with Crippen LogP contribution in [0.25, 0.3) is 0 Å². The summed E-state index contributed by atoms with van der Waals surface area (Å²) in [6, 6.07) is 8.86. The van der Waals surface area contributed by atoms with Crippen LogP contribution in [-0.2, 0) is 17.6 Å². The second kappa shape index (κ2) is 6.14. The van der Waals surface area contributed by atoms with Crippen molar-refractivity contribution in [1.82, 2.24) is 0 Å². The van der Waals surface area contributed by atoms with Crippen LogP contribution in [0.1, 0.15) is 16.7 Å². The zero-order valence-corrected chi connectivity index (χ0v) is 11.7. The minimum Gasteiger partial charge on any atom is -0.299 e. The van der Waals surface area contributed by atoms with Crippen LogP contribution < -0.4 is 0 Å². The van der Waals surface area contributed by atoms with Crippen LogP contribution >= 0.6 is 11.6 Å². The molecule has 2 rings (SSSR count). The second-order valence-corrected chi connectivity index (χ2v) is 5.08. The summed E-state index contributed by atoms with van der Waals surface area (Å²) in [4.78, 5) is 12.0. The highest BCUT2D eigenvalue weighted by Gasteiger charge is 2.12. The summed E-state index contributed by atoms with van der Waals surface area (Å²) in [7, 11) is 0. The van der Waals surface area contributed by atoms with Gasteiger partial charge in [-0.15, -0.1) is 0 Å². The third-order valence-electron chi connectivity index (χ3n) is 3.11. The van der Waals surface area contributed by atoms with Gasteiger partial charge in [0, 0.05) is 12.8 Å². The molecule has 0 fully saturated rings. The van der Waals surface area contributed by atoms with Crippen molar-refractivity contribution in [1.29, 1.82) is 0 Å².